The predicted molar refractivity (Wildman–Crippen MR) is 72.7 cm³/mol. The summed E-state index contributed by atoms with van der Waals surface area (Å²) in [6.45, 7) is 9.77. The fourth-order valence-corrected chi connectivity index (χ4v) is 2.77. The molecule has 0 heterocycles. The molecule has 1 saturated carbocycles. The van der Waals surface area contributed by atoms with E-state index in [0.717, 1.165) is 6.04 Å². The average molecular weight is 223 g/mol. The van der Waals surface area contributed by atoms with Crippen molar-refractivity contribution in [2.75, 3.05) is 6.54 Å². The third-order valence-electron chi connectivity index (χ3n) is 3.72. The van der Waals surface area contributed by atoms with Crippen LogP contribution in [0.25, 0.3) is 0 Å². The van der Waals surface area contributed by atoms with E-state index in [1.54, 1.807) is 0 Å². The van der Waals surface area contributed by atoms with Gasteiger partial charge in [-0.2, -0.15) is 0 Å². The number of hydrogen-bond acceptors (Lipinski definition) is 1. The third kappa shape index (κ3) is 5.69. The Morgan fingerprint density at radius 3 is 2.81 bits per heavy atom. The summed E-state index contributed by atoms with van der Waals surface area (Å²) in [4.78, 5) is 0. The van der Waals surface area contributed by atoms with Gasteiger partial charge in [-0.05, 0) is 50.5 Å². The Labute approximate surface area is 102 Å². The molecule has 0 aliphatic heterocycles. The van der Waals surface area contributed by atoms with Crippen molar-refractivity contribution in [3.05, 3.63) is 12.7 Å². The van der Waals surface area contributed by atoms with E-state index in [-0.39, 0.29) is 0 Å². The molecule has 0 aromatic carbocycles. The number of hydrogen-bond donors (Lipinski definition) is 1. The van der Waals surface area contributed by atoms with Crippen molar-refractivity contribution < 1.29 is 0 Å². The molecule has 0 spiro atoms. The number of unbranched alkanes of at least 4 members (excludes halogenated alkanes) is 3. The summed E-state index contributed by atoms with van der Waals surface area (Å²) < 4.78 is 0. The molecule has 1 heteroatoms. The molecular weight excluding hydrogens is 194 g/mol. The lowest BCUT2D eigenvalue weighted by atomic mass is 9.75. The SMILES string of the molecule is C=CCCCCCNC1CCCC(C)(C)C1. The van der Waals surface area contributed by atoms with Gasteiger partial charge in [0, 0.05) is 6.04 Å². The molecule has 1 rings (SSSR count). The third-order valence-corrected chi connectivity index (χ3v) is 3.72. The van der Waals surface area contributed by atoms with Crippen LogP contribution in [0.15, 0.2) is 12.7 Å². The van der Waals surface area contributed by atoms with E-state index in [4.69, 9.17) is 0 Å². The maximum atomic E-state index is 3.75. The molecule has 1 unspecified atom stereocenters. The van der Waals surface area contributed by atoms with Gasteiger partial charge in [0.15, 0.2) is 0 Å². The van der Waals surface area contributed by atoms with Crippen molar-refractivity contribution in [2.45, 2.75) is 71.3 Å². The van der Waals surface area contributed by atoms with E-state index in [0.29, 0.717) is 5.41 Å². The van der Waals surface area contributed by atoms with E-state index in [2.05, 4.69) is 25.7 Å². The first kappa shape index (κ1) is 13.8. The maximum Gasteiger partial charge on any atom is 0.00721 e. The van der Waals surface area contributed by atoms with Gasteiger partial charge >= 0.3 is 0 Å². The lowest BCUT2D eigenvalue weighted by molar-refractivity contribution is 0.198. The van der Waals surface area contributed by atoms with Crippen LogP contribution in [0.2, 0.25) is 0 Å². The number of rotatable bonds is 7. The predicted octanol–water partition coefficient (Wildman–Crippen LogP) is 4.29. The minimum absolute atomic E-state index is 0.568. The molecule has 1 atom stereocenters. The minimum atomic E-state index is 0.568. The molecule has 1 aliphatic carbocycles. The van der Waals surface area contributed by atoms with Gasteiger partial charge < -0.3 is 5.32 Å². The highest BCUT2D eigenvalue weighted by Gasteiger charge is 2.27. The summed E-state index contributed by atoms with van der Waals surface area (Å²) in [6.07, 6.45) is 12.7. The highest BCUT2D eigenvalue weighted by Crippen LogP contribution is 2.34. The van der Waals surface area contributed by atoms with Crippen molar-refractivity contribution in [1.82, 2.24) is 5.32 Å². The highest BCUT2D eigenvalue weighted by molar-refractivity contribution is 4.83. The molecule has 1 nitrogen and oxygen atoms in total. The van der Waals surface area contributed by atoms with E-state index in [1.165, 1.54) is 57.9 Å². The fraction of sp³-hybridized carbons (Fsp3) is 0.867. The van der Waals surface area contributed by atoms with Crippen LogP contribution in [0.1, 0.15) is 65.2 Å². The summed E-state index contributed by atoms with van der Waals surface area (Å²) in [7, 11) is 0. The Kier molecular flexibility index (Phi) is 6.12. The van der Waals surface area contributed by atoms with E-state index in [9.17, 15) is 0 Å². The molecule has 1 aliphatic rings. The van der Waals surface area contributed by atoms with Gasteiger partial charge in [0.1, 0.15) is 0 Å². The minimum Gasteiger partial charge on any atom is -0.314 e. The van der Waals surface area contributed by atoms with Crippen molar-refractivity contribution in [3.8, 4) is 0 Å². The first-order valence-electron chi connectivity index (χ1n) is 6.98. The van der Waals surface area contributed by atoms with Crippen LogP contribution in [-0.4, -0.2) is 12.6 Å². The highest BCUT2D eigenvalue weighted by atomic mass is 14.9. The van der Waals surface area contributed by atoms with Crippen molar-refractivity contribution in [1.29, 1.82) is 0 Å². The fourth-order valence-electron chi connectivity index (χ4n) is 2.77. The monoisotopic (exact) mass is 223 g/mol. The molecule has 0 radical (unpaired) electrons. The average Bonchev–Trinajstić information content (AvgIpc) is 2.22. The van der Waals surface area contributed by atoms with Gasteiger partial charge in [0.25, 0.3) is 0 Å². The summed E-state index contributed by atoms with van der Waals surface area (Å²) in [5.41, 5.74) is 0.568. The van der Waals surface area contributed by atoms with Crippen molar-refractivity contribution in [2.24, 2.45) is 5.41 Å². The molecule has 0 saturated heterocycles. The lowest BCUT2D eigenvalue weighted by Crippen LogP contribution is -2.37. The Morgan fingerprint density at radius 2 is 2.12 bits per heavy atom. The molecule has 94 valence electrons. The Morgan fingerprint density at radius 1 is 1.31 bits per heavy atom. The van der Waals surface area contributed by atoms with Crippen LogP contribution in [0.4, 0.5) is 0 Å². The summed E-state index contributed by atoms with van der Waals surface area (Å²) in [5.74, 6) is 0. The second-order valence-electron chi connectivity index (χ2n) is 6.05. The molecule has 0 amide bonds. The van der Waals surface area contributed by atoms with Gasteiger partial charge in [-0.3, -0.25) is 0 Å². The van der Waals surface area contributed by atoms with E-state index < -0.39 is 0 Å². The maximum absolute atomic E-state index is 3.75. The molecule has 1 fully saturated rings. The molecule has 0 bridgehead atoms. The molecule has 0 aromatic rings. The zero-order valence-corrected chi connectivity index (χ0v) is 11.2. The summed E-state index contributed by atoms with van der Waals surface area (Å²) in [6, 6.07) is 0.781. The standard InChI is InChI=1S/C15H29N/c1-4-5-6-7-8-12-16-14-10-9-11-15(2,3)13-14/h4,14,16H,1,5-13H2,2-3H3. The molecular formula is C15H29N. The van der Waals surface area contributed by atoms with Crippen LogP contribution < -0.4 is 5.32 Å². The van der Waals surface area contributed by atoms with Crippen LogP contribution in [0, 0.1) is 5.41 Å². The second kappa shape index (κ2) is 7.11. The topological polar surface area (TPSA) is 12.0 Å². The summed E-state index contributed by atoms with van der Waals surface area (Å²) in [5, 5.41) is 3.73. The zero-order chi connectivity index (χ0) is 11.9. The van der Waals surface area contributed by atoms with E-state index in [1.807, 2.05) is 6.08 Å². The van der Waals surface area contributed by atoms with Gasteiger partial charge in [-0.1, -0.05) is 32.8 Å². The van der Waals surface area contributed by atoms with Gasteiger partial charge in [-0.15, -0.1) is 6.58 Å². The number of nitrogens with one attached hydrogen (secondary N) is 1. The van der Waals surface area contributed by atoms with Crippen LogP contribution in [0.5, 0.6) is 0 Å². The lowest BCUT2D eigenvalue weighted by Gasteiger charge is -2.35. The Hall–Kier alpha value is -0.300. The molecule has 0 aromatic heterocycles. The molecule has 16 heavy (non-hydrogen) atoms. The van der Waals surface area contributed by atoms with Crippen molar-refractivity contribution >= 4 is 0 Å². The smallest absolute Gasteiger partial charge is 0.00721 e. The largest absolute Gasteiger partial charge is 0.314 e. The van der Waals surface area contributed by atoms with Crippen LogP contribution in [-0.2, 0) is 0 Å². The first-order valence-corrected chi connectivity index (χ1v) is 6.98. The van der Waals surface area contributed by atoms with Crippen molar-refractivity contribution in [3.63, 3.8) is 0 Å². The quantitative estimate of drug-likeness (QED) is 0.501. The van der Waals surface area contributed by atoms with E-state index >= 15 is 0 Å². The Bertz CT molecular complexity index is 196. The van der Waals surface area contributed by atoms with Gasteiger partial charge in [0.2, 0.25) is 0 Å². The number of allylic oxidation sites excluding steroid dienone is 1. The zero-order valence-electron chi connectivity index (χ0n) is 11.2. The molecule has 1 N–H and O–H groups in total. The van der Waals surface area contributed by atoms with Crippen LogP contribution >= 0.6 is 0 Å². The van der Waals surface area contributed by atoms with Crippen LogP contribution in [0.3, 0.4) is 0 Å². The Balaban J connectivity index is 2.02. The normalized spacial score (nSPS) is 24.2. The summed E-state index contributed by atoms with van der Waals surface area (Å²) >= 11 is 0. The second-order valence-corrected chi connectivity index (χ2v) is 6.05. The van der Waals surface area contributed by atoms with Gasteiger partial charge in [-0.25, -0.2) is 0 Å². The first-order chi connectivity index (χ1) is 7.64. The van der Waals surface area contributed by atoms with Gasteiger partial charge in [0.05, 0.1) is 0 Å².